The third kappa shape index (κ3) is 1.43. The summed E-state index contributed by atoms with van der Waals surface area (Å²) in [5.74, 6) is 0.379. The number of carbonyl (C=O) groups is 1. The topological polar surface area (TPSA) is 70.4 Å². The van der Waals surface area contributed by atoms with Crippen LogP contribution in [0.1, 0.15) is 21.6 Å². The SMILES string of the molecule is O=C(O)c1cnc2c(c1O)CSCC2. The van der Waals surface area contributed by atoms with Gasteiger partial charge >= 0.3 is 5.97 Å². The minimum atomic E-state index is -1.13. The van der Waals surface area contributed by atoms with Crippen molar-refractivity contribution in [2.45, 2.75) is 12.2 Å². The number of carboxylic acid groups (broad SMARTS) is 1. The van der Waals surface area contributed by atoms with Crippen LogP contribution in [0.4, 0.5) is 0 Å². The highest BCUT2D eigenvalue weighted by molar-refractivity contribution is 7.98. The summed E-state index contributed by atoms with van der Waals surface area (Å²) >= 11 is 1.68. The number of hydrogen-bond acceptors (Lipinski definition) is 4. The summed E-state index contributed by atoms with van der Waals surface area (Å²) in [6.07, 6.45) is 2.03. The van der Waals surface area contributed by atoms with Crippen molar-refractivity contribution in [1.29, 1.82) is 0 Å². The predicted molar refractivity (Wildman–Crippen MR) is 52.7 cm³/mol. The molecule has 74 valence electrons. The number of aromatic carboxylic acids is 1. The molecule has 0 bridgehead atoms. The molecular formula is C9H9NO3S. The van der Waals surface area contributed by atoms with Crippen molar-refractivity contribution in [3.8, 4) is 5.75 Å². The van der Waals surface area contributed by atoms with E-state index in [1.807, 2.05) is 0 Å². The third-order valence-corrected chi connectivity index (χ3v) is 3.18. The van der Waals surface area contributed by atoms with Gasteiger partial charge in [-0.25, -0.2) is 4.79 Å². The maximum atomic E-state index is 10.7. The van der Waals surface area contributed by atoms with E-state index in [1.54, 1.807) is 11.8 Å². The Morgan fingerprint density at radius 1 is 1.57 bits per heavy atom. The van der Waals surface area contributed by atoms with Gasteiger partial charge < -0.3 is 10.2 Å². The lowest BCUT2D eigenvalue weighted by molar-refractivity contribution is 0.0693. The third-order valence-electron chi connectivity index (χ3n) is 2.20. The molecule has 4 nitrogen and oxygen atoms in total. The highest BCUT2D eigenvalue weighted by atomic mass is 32.2. The second-order valence-electron chi connectivity index (χ2n) is 3.05. The first-order valence-electron chi connectivity index (χ1n) is 4.21. The molecule has 1 aromatic heterocycles. The fourth-order valence-corrected chi connectivity index (χ4v) is 2.44. The monoisotopic (exact) mass is 211 g/mol. The molecule has 0 spiro atoms. The zero-order valence-electron chi connectivity index (χ0n) is 7.36. The number of fused-ring (bicyclic) bond motifs is 1. The van der Waals surface area contributed by atoms with E-state index < -0.39 is 5.97 Å². The number of nitrogens with zero attached hydrogens (tertiary/aromatic N) is 1. The van der Waals surface area contributed by atoms with E-state index in [1.165, 1.54) is 6.20 Å². The Balaban J connectivity index is 2.54. The largest absolute Gasteiger partial charge is 0.507 e. The van der Waals surface area contributed by atoms with Crippen molar-refractivity contribution in [3.05, 3.63) is 23.0 Å². The number of aromatic nitrogens is 1. The average molecular weight is 211 g/mol. The van der Waals surface area contributed by atoms with Crippen LogP contribution in [-0.4, -0.2) is 26.9 Å². The van der Waals surface area contributed by atoms with E-state index >= 15 is 0 Å². The van der Waals surface area contributed by atoms with Gasteiger partial charge in [-0.2, -0.15) is 11.8 Å². The molecule has 0 saturated carbocycles. The lowest BCUT2D eigenvalue weighted by atomic mass is 10.1. The molecule has 0 atom stereocenters. The number of thioether (sulfide) groups is 1. The van der Waals surface area contributed by atoms with Crippen molar-refractivity contribution in [3.63, 3.8) is 0 Å². The number of aryl methyl sites for hydroxylation is 1. The van der Waals surface area contributed by atoms with Gasteiger partial charge in [0.1, 0.15) is 11.3 Å². The van der Waals surface area contributed by atoms with Crippen LogP contribution in [0.2, 0.25) is 0 Å². The van der Waals surface area contributed by atoms with Crippen LogP contribution >= 0.6 is 11.8 Å². The van der Waals surface area contributed by atoms with E-state index in [4.69, 9.17) is 5.11 Å². The van der Waals surface area contributed by atoms with Crippen LogP contribution in [0.25, 0.3) is 0 Å². The maximum Gasteiger partial charge on any atom is 0.341 e. The molecule has 1 aliphatic heterocycles. The van der Waals surface area contributed by atoms with Gasteiger partial charge in [-0.1, -0.05) is 0 Å². The molecule has 2 heterocycles. The molecule has 0 fully saturated rings. The first-order chi connectivity index (χ1) is 6.70. The molecule has 0 aromatic carbocycles. The van der Waals surface area contributed by atoms with Crippen LogP contribution in [0.5, 0.6) is 5.75 Å². The second-order valence-corrected chi connectivity index (χ2v) is 4.16. The molecule has 5 heteroatoms. The lowest BCUT2D eigenvalue weighted by Crippen LogP contribution is -2.09. The van der Waals surface area contributed by atoms with Crippen molar-refractivity contribution in [1.82, 2.24) is 4.98 Å². The Labute approximate surface area is 85.0 Å². The first-order valence-corrected chi connectivity index (χ1v) is 5.36. The molecule has 2 rings (SSSR count). The van der Waals surface area contributed by atoms with Gasteiger partial charge in [-0.3, -0.25) is 4.98 Å². The van der Waals surface area contributed by atoms with Gasteiger partial charge in [0.25, 0.3) is 0 Å². The second kappa shape index (κ2) is 3.49. The van der Waals surface area contributed by atoms with Gasteiger partial charge in [0.05, 0.1) is 0 Å². The Morgan fingerprint density at radius 3 is 3.07 bits per heavy atom. The molecule has 0 aliphatic carbocycles. The Morgan fingerprint density at radius 2 is 2.36 bits per heavy atom. The quantitative estimate of drug-likeness (QED) is 0.732. The number of aromatic hydroxyl groups is 1. The van der Waals surface area contributed by atoms with Crippen molar-refractivity contribution >= 4 is 17.7 Å². The molecule has 0 radical (unpaired) electrons. The molecule has 1 aromatic rings. The molecular weight excluding hydrogens is 202 g/mol. The summed E-state index contributed by atoms with van der Waals surface area (Å²) < 4.78 is 0. The summed E-state index contributed by atoms with van der Waals surface area (Å²) in [5, 5.41) is 18.4. The van der Waals surface area contributed by atoms with Crippen LogP contribution in [0.3, 0.4) is 0 Å². The number of carboxylic acids is 1. The van der Waals surface area contributed by atoms with Gasteiger partial charge in [0, 0.05) is 23.2 Å². The average Bonchev–Trinajstić information content (AvgIpc) is 2.18. The van der Waals surface area contributed by atoms with Crippen molar-refractivity contribution in [2.75, 3.05) is 5.75 Å². The Kier molecular flexibility index (Phi) is 2.33. The van der Waals surface area contributed by atoms with E-state index in [-0.39, 0.29) is 11.3 Å². The van der Waals surface area contributed by atoms with Crippen LogP contribution in [0.15, 0.2) is 6.20 Å². The van der Waals surface area contributed by atoms with E-state index in [9.17, 15) is 9.90 Å². The minimum absolute atomic E-state index is 0.105. The van der Waals surface area contributed by atoms with Gasteiger partial charge in [0.15, 0.2) is 0 Å². The van der Waals surface area contributed by atoms with Gasteiger partial charge in [0.2, 0.25) is 0 Å². The normalized spacial score (nSPS) is 14.9. The fourth-order valence-electron chi connectivity index (χ4n) is 1.45. The van der Waals surface area contributed by atoms with Crippen LogP contribution in [-0.2, 0) is 12.2 Å². The van der Waals surface area contributed by atoms with Crippen LogP contribution in [0, 0.1) is 0 Å². The molecule has 0 amide bonds. The molecule has 0 unspecified atom stereocenters. The summed E-state index contributed by atoms with van der Waals surface area (Å²) in [6.45, 7) is 0. The standard InChI is InChI=1S/C9H9NO3S/c11-8-5(9(12)13)3-10-7-1-2-14-4-6(7)8/h3H,1-2,4H2,(H,10,11)(H,12,13). The summed E-state index contributed by atoms with van der Waals surface area (Å²) in [6, 6.07) is 0. The van der Waals surface area contributed by atoms with E-state index in [0.717, 1.165) is 17.9 Å². The van der Waals surface area contributed by atoms with Crippen molar-refractivity contribution < 1.29 is 15.0 Å². The summed E-state index contributed by atoms with van der Waals surface area (Å²) in [4.78, 5) is 14.7. The predicted octanol–water partition coefficient (Wildman–Crippen LogP) is 1.27. The smallest absolute Gasteiger partial charge is 0.341 e. The highest BCUT2D eigenvalue weighted by Gasteiger charge is 2.20. The van der Waals surface area contributed by atoms with Crippen LogP contribution < -0.4 is 0 Å². The highest BCUT2D eigenvalue weighted by Crippen LogP contribution is 2.32. The van der Waals surface area contributed by atoms with E-state index in [0.29, 0.717) is 11.3 Å². The van der Waals surface area contributed by atoms with Gasteiger partial charge in [-0.15, -0.1) is 0 Å². The zero-order valence-corrected chi connectivity index (χ0v) is 8.17. The molecule has 1 aliphatic rings. The molecule has 2 N–H and O–H groups in total. The number of pyridine rings is 1. The minimum Gasteiger partial charge on any atom is -0.507 e. The van der Waals surface area contributed by atoms with Crippen molar-refractivity contribution in [2.24, 2.45) is 0 Å². The Bertz CT molecular complexity index is 392. The zero-order chi connectivity index (χ0) is 10.1. The lowest BCUT2D eigenvalue weighted by Gasteiger charge is -2.16. The Hall–Kier alpha value is -1.23. The first kappa shape index (κ1) is 9.33. The summed E-state index contributed by atoms with van der Waals surface area (Å²) in [5.41, 5.74) is 1.40. The molecule has 14 heavy (non-hydrogen) atoms. The van der Waals surface area contributed by atoms with Gasteiger partial charge in [-0.05, 0) is 12.2 Å². The fraction of sp³-hybridized carbons (Fsp3) is 0.333. The maximum absolute atomic E-state index is 10.7. The number of rotatable bonds is 1. The molecule has 0 saturated heterocycles. The number of hydrogen-bond donors (Lipinski definition) is 2. The van der Waals surface area contributed by atoms with E-state index in [2.05, 4.69) is 4.98 Å². The summed E-state index contributed by atoms with van der Waals surface area (Å²) in [7, 11) is 0.